The van der Waals surface area contributed by atoms with Crippen molar-refractivity contribution < 1.29 is 20.4 Å². The average Bonchev–Trinajstić information content (AvgIpc) is 3.12. The van der Waals surface area contributed by atoms with Crippen LogP contribution in [0.1, 0.15) is 43.2 Å². The summed E-state index contributed by atoms with van der Waals surface area (Å²) in [4.78, 5) is 2.23. The van der Waals surface area contributed by atoms with Crippen LogP contribution in [0.25, 0.3) is 0 Å². The summed E-state index contributed by atoms with van der Waals surface area (Å²) in [5.41, 5.74) is 2.46. The maximum atomic E-state index is 8.53. The van der Waals surface area contributed by atoms with Crippen molar-refractivity contribution in [1.82, 2.24) is 4.90 Å². The van der Waals surface area contributed by atoms with Gasteiger partial charge in [-0.3, -0.25) is 5.41 Å². The van der Waals surface area contributed by atoms with Gasteiger partial charge in [-0.15, -0.1) is 0 Å². The first-order valence-electron chi connectivity index (χ1n) is 9.61. The maximum Gasteiger partial charge on any atom is 0.131 e. The summed E-state index contributed by atoms with van der Waals surface area (Å²) in [6.07, 6.45) is 4.28. The van der Waals surface area contributed by atoms with Crippen LogP contribution < -0.4 is 9.47 Å². The van der Waals surface area contributed by atoms with E-state index in [0.717, 1.165) is 68.5 Å². The summed E-state index contributed by atoms with van der Waals surface area (Å²) in [6.45, 7) is 4.94. The maximum absolute atomic E-state index is 8.53. The van der Waals surface area contributed by atoms with Gasteiger partial charge >= 0.3 is 0 Å². The molecule has 2 aliphatic rings. The highest BCUT2D eigenvalue weighted by Crippen LogP contribution is 2.33. The Labute approximate surface area is 166 Å². The van der Waals surface area contributed by atoms with Gasteiger partial charge in [0.15, 0.2) is 0 Å². The number of amidine groups is 1. The van der Waals surface area contributed by atoms with Gasteiger partial charge in [-0.2, -0.15) is 0 Å². The van der Waals surface area contributed by atoms with E-state index in [2.05, 4.69) is 30.0 Å². The standard InChI is InChI=1S/C22H26N2O2.2H2O/c1-2-12-24-13-3-4-20(22(24)23)16-5-8-18(9-6-16)26-19-10-7-17-11-14-25-21(17)15-19;;/h5-10,15,20,23H,2-4,11-14H2,1H3;2*1H2. The SMILES string of the molecule is CCCN1CCCC(c2ccc(Oc3ccc4c(c3)OCC4)cc2)C1=N.O.O. The highest BCUT2D eigenvalue weighted by molar-refractivity contribution is 5.87. The van der Waals surface area contributed by atoms with Crippen LogP contribution >= 0.6 is 0 Å². The third-order valence-corrected chi connectivity index (χ3v) is 5.27. The van der Waals surface area contributed by atoms with Gasteiger partial charge in [0.25, 0.3) is 0 Å². The van der Waals surface area contributed by atoms with Gasteiger partial charge < -0.3 is 25.3 Å². The first kappa shape index (κ1) is 21.7. The summed E-state index contributed by atoms with van der Waals surface area (Å²) < 4.78 is 11.6. The van der Waals surface area contributed by atoms with Gasteiger partial charge in [-0.05, 0) is 48.6 Å². The van der Waals surface area contributed by atoms with E-state index in [4.69, 9.17) is 14.9 Å². The van der Waals surface area contributed by atoms with Crippen LogP contribution in [0.5, 0.6) is 17.2 Å². The fourth-order valence-electron chi connectivity index (χ4n) is 3.90. The van der Waals surface area contributed by atoms with Crippen LogP contribution in [0.3, 0.4) is 0 Å². The number of ether oxygens (including phenoxy) is 2. The number of benzene rings is 2. The van der Waals surface area contributed by atoms with Crippen molar-refractivity contribution >= 4 is 5.84 Å². The molecule has 2 aliphatic heterocycles. The molecule has 0 radical (unpaired) electrons. The Hall–Kier alpha value is -2.57. The van der Waals surface area contributed by atoms with Crippen LogP contribution in [0.2, 0.25) is 0 Å². The van der Waals surface area contributed by atoms with Crippen LogP contribution in [0, 0.1) is 5.41 Å². The molecule has 152 valence electrons. The molecule has 5 N–H and O–H groups in total. The zero-order chi connectivity index (χ0) is 17.9. The molecule has 0 saturated carbocycles. The number of rotatable bonds is 5. The van der Waals surface area contributed by atoms with E-state index < -0.39 is 0 Å². The zero-order valence-corrected chi connectivity index (χ0v) is 16.3. The molecule has 1 saturated heterocycles. The molecule has 28 heavy (non-hydrogen) atoms. The molecular formula is C22H30N2O4. The average molecular weight is 386 g/mol. The van der Waals surface area contributed by atoms with Crippen molar-refractivity contribution in [2.24, 2.45) is 0 Å². The molecule has 2 aromatic rings. The van der Waals surface area contributed by atoms with Crippen LogP contribution in [-0.2, 0) is 6.42 Å². The van der Waals surface area contributed by atoms with Crippen molar-refractivity contribution in [3.63, 3.8) is 0 Å². The molecule has 0 spiro atoms. The Bertz CT molecular complexity index is 790. The molecule has 0 amide bonds. The van der Waals surface area contributed by atoms with Gasteiger partial charge in [0.2, 0.25) is 0 Å². The lowest BCUT2D eigenvalue weighted by atomic mass is 9.89. The van der Waals surface area contributed by atoms with Crippen molar-refractivity contribution in [2.75, 3.05) is 19.7 Å². The Morgan fingerprint density at radius 3 is 2.61 bits per heavy atom. The Kier molecular flexibility index (Phi) is 7.43. The molecular weight excluding hydrogens is 356 g/mol. The van der Waals surface area contributed by atoms with Crippen LogP contribution in [-0.4, -0.2) is 41.4 Å². The smallest absolute Gasteiger partial charge is 0.131 e. The minimum absolute atomic E-state index is 0. The van der Waals surface area contributed by atoms with Gasteiger partial charge in [-0.25, -0.2) is 0 Å². The topological polar surface area (TPSA) is 109 Å². The highest BCUT2D eigenvalue weighted by Gasteiger charge is 2.26. The number of fused-ring (bicyclic) bond motifs is 1. The second-order valence-electron chi connectivity index (χ2n) is 7.11. The third-order valence-electron chi connectivity index (χ3n) is 5.27. The second kappa shape index (κ2) is 9.57. The van der Waals surface area contributed by atoms with Crippen molar-refractivity contribution in [3.05, 3.63) is 53.6 Å². The van der Waals surface area contributed by atoms with Crippen molar-refractivity contribution in [1.29, 1.82) is 5.41 Å². The fraction of sp³-hybridized carbons (Fsp3) is 0.409. The van der Waals surface area contributed by atoms with E-state index in [9.17, 15) is 0 Å². The predicted octanol–water partition coefficient (Wildman–Crippen LogP) is 3.33. The number of hydrogen-bond donors (Lipinski definition) is 1. The molecule has 1 unspecified atom stereocenters. The van der Waals surface area contributed by atoms with E-state index in [1.807, 2.05) is 24.3 Å². The van der Waals surface area contributed by atoms with E-state index in [0.29, 0.717) is 0 Å². The van der Waals surface area contributed by atoms with Crippen molar-refractivity contribution in [3.8, 4) is 17.2 Å². The molecule has 2 heterocycles. The van der Waals surface area contributed by atoms with E-state index >= 15 is 0 Å². The summed E-state index contributed by atoms with van der Waals surface area (Å²) in [5.74, 6) is 3.53. The first-order valence-corrected chi connectivity index (χ1v) is 9.61. The molecule has 1 fully saturated rings. The number of piperidine rings is 1. The first-order chi connectivity index (χ1) is 12.7. The minimum atomic E-state index is 0. The second-order valence-corrected chi connectivity index (χ2v) is 7.11. The third kappa shape index (κ3) is 4.46. The summed E-state index contributed by atoms with van der Waals surface area (Å²) in [5, 5.41) is 8.53. The van der Waals surface area contributed by atoms with E-state index in [-0.39, 0.29) is 16.9 Å². The highest BCUT2D eigenvalue weighted by atomic mass is 16.5. The Morgan fingerprint density at radius 2 is 1.86 bits per heavy atom. The summed E-state index contributed by atoms with van der Waals surface area (Å²) >= 11 is 0. The number of hydrogen-bond acceptors (Lipinski definition) is 3. The van der Waals surface area contributed by atoms with E-state index in [1.54, 1.807) is 0 Å². The molecule has 0 aliphatic carbocycles. The molecule has 6 heteroatoms. The van der Waals surface area contributed by atoms with Gasteiger partial charge in [-0.1, -0.05) is 25.1 Å². The van der Waals surface area contributed by atoms with Crippen LogP contribution in [0.15, 0.2) is 42.5 Å². The normalized spacial score (nSPS) is 17.8. The Balaban J connectivity index is 0.00000140. The quantitative estimate of drug-likeness (QED) is 0.851. The van der Waals surface area contributed by atoms with Crippen molar-refractivity contribution in [2.45, 2.75) is 38.5 Å². The lowest BCUT2D eigenvalue weighted by Gasteiger charge is -2.35. The van der Waals surface area contributed by atoms with Gasteiger partial charge in [0, 0.05) is 31.5 Å². The molecule has 6 nitrogen and oxygen atoms in total. The van der Waals surface area contributed by atoms with Gasteiger partial charge in [0.05, 0.1) is 6.61 Å². The van der Waals surface area contributed by atoms with Crippen LogP contribution in [0.4, 0.5) is 0 Å². The zero-order valence-electron chi connectivity index (χ0n) is 16.3. The molecule has 4 rings (SSSR count). The molecule has 0 bridgehead atoms. The molecule has 2 aromatic carbocycles. The predicted molar refractivity (Wildman–Crippen MR) is 111 cm³/mol. The van der Waals surface area contributed by atoms with E-state index in [1.165, 1.54) is 11.1 Å². The number of nitrogens with one attached hydrogen (secondary N) is 1. The lowest BCUT2D eigenvalue weighted by molar-refractivity contribution is 0.352. The molecule has 1 atom stereocenters. The molecule has 0 aromatic heterocycles. The monoisotopic (exact) mass is 386 g/mol. The lowest BCUT2D eigenvalue weighted by Crippen LogP contribution is -2.40. The largest absolute Gasteiger partial charge is 0.493 e. The minimum Gasteiger partial charge on any atom is -0.493 e. The summed E-state index contributed by atoms with van der Waals surface area (Å²) in [7, 11) is 0. The van der Waals surface area contributed by atoms with Gasteiger partial charge in [0.1, 0.15) is 23.1 Å². The fourth-order valence-corrected chi connectivity index (χ4v) is 3.90. The Morgan fingerprint density at radius 1 is 1.11 bits per heavy atom. The summed E-state index contributed by atoms with van der Waals surface area (Å²) in [6, 6.07) is 14.3. The number of likely N-dealkylation sites (tertiary alicyclic amines) is 1. The number of nitrogens with zero attached hydrogens (tertiary/aromatic N) is 1.